The molecule has 2 amide bonds. The minimum Gasteiger partial charge on any atom is -0.468 e. The number of benzene rings is 1. The molecule has 6 nitrogen and oxygen atoms in total. The number of rotatable bonds is 5. The van der Waals surface area contributed by atoms with E-state index in [1.807, 2.05) is 18.7 Å². The molecule has 0 N–H and O–H groups in total. The topological polar surface area (TPSA) is 66.9 Å². The molecule has 32 heavy (non-hydrogen) atoms. The lowest BCUT2D eigenvalue weighted by Gasteiger charge is -2.36. The van der Waals surface area contributed by atoms with E-state index in [0.29, 0.717) is 24.8 Å². The van der Waals surface area contributed by atoms with E-state index in [2.05, 4.69) is 29.2 Å². The number of imide groups is 1. The number of methoxy groups -OCH3 is 1. The lowest BCUT2D eigenvalue weighted by atomic mass is 9.77. The average Bonchev–Trinajstić information content (AvgIpc) is 3.43. The molecule has 4 atom stereocenters. The number of thioether (sulfide) groups is 1. The fourth-order valence-corrected chi connectivity index (χ4v) is 7.94. The van der Waals surface area contributed by atoms with E-state index in [1.54, 1.807) is 0 Å². The van der Waals surface area contributed by atoms with E-state index in [4.69, 9.17) is 4.74 Å². The summed E-state index contributed by atoms with van der Waals surface area (Å²) in [5.41, 5.74) is -0.0178. The van der Waals surface area contributed by atoms with Gasteiger partial charge in [-0.2, -0.15) is 0 Å². The number of hydrogen-bond donors (Lipinski definition) is 0. The van der Waals surface area contributed by atoms with Crippen molar-refractivity contribution in [3.8, 4) is 0 Å². The van der Waals surface area contributed by atoms with Crippen molar-refractivity contribution in [3.05, 3.63) is 29.8 Å². The third-order valence-electron chi connectivity index (χ3n) is 8.03. The Morgan fingerprint density at radius 1 is 1.09 bits per heavy atom. The SMILES string of the molecule is CCN1C(=O)C2C(c3ccc(SC4CCCCC4)cc3)N3CCC[C@@]3(C(=O)OC)C2C1=O. The molecule has 3 aliphatic heterocycles. The van der Waals surface area contributed by atoms with Crippen LogP contribution < -0.4 is 0 Å². The van der Waals surface area contributed by atoms with Gasteiger partial charge in [0, 0.05) is 22.7 Å². The standard InChI is InChI=1S/C25H32N2O4S/c1-3-26-22(28)19-20(23(26)29)25(24(30)31-2)14-7-15-27(25)21(19)16-10-12-18(13-11-16)32-17-8-5-4-6-9-17/h10-13,17,19-21H,3-9,14-15H2,1-2H3/t19?,20?,21?,25-/m0/s1. The highest BCUT2D eigenvalue weighted by Crippen LogP contribution is 2.59. The number of likely N-dealkylation sites (tertiary alicyclic amines) is 1. The van der Waals surface area contributed by atoms with E-state index >= 15 is 0 Å². The maximum absolute atomic E-state index is 13.3. The minimum absolute atomic E-state index is 0.147. The van der Waals surface area contributed by atoms with Gasteiger partial charge in [-0.15, -0.1) is 11.8 Å². The van der Waals surface area contributed by atoms with E-state index in [1.165, 1.54) is 49.0 Å². The first kappa shape index (κ1) is 22.0. The monoisotopic (exact) mass is 456 g/mol. The van der Waals surface area contributed by atoms with Crippen LogP contribution in [0.15, 0.2) is 29.2 Å². The highest BCUT2D eigenvalue weighted by atomic mass is 32.2. The van der Waals surface area contributed by atoms with Crippen molar-refractivity contribution in [3.63, 3.8) is 0 Å². The van der Waals surface area contributed by atoms with Crippen LogP contribution in [0.3, 0.4) is 0 Å². The summed E-state index contributed by atoms with van der Waals surface area (Å²) in [5.74, 6) is -1.93. The Kier molecular flexibility index (Phi) is 5.82. The molecule has 1 saturated carbocycles. The van der Waals surface area contributed by atoms with Crippen molar-refractivity contribution in [1.29, 1.82) is 0 Å². The Labute approximate surface area is 194 Å². The highest BCUT2D eigenvalue weighted by Gasteiger charge is 2.73. The van der Waals surface area contributed by atoms with Crippen molar-refractivity contribution >= 4 is 29.5 Å². The van der Waals surface area contributed by atoms with Gasteiger partial charge in [-0.05, 0) is 56.8 Å². The summed E-state index contributed by atoms with van der Waals surface area (Å²) in [6, 6.07) is 8.23. The third-order valence-corrected chi connectivity index (χ3v) is 9.38. The van der Waals surface area contributed by atoms with Crippen molar-refractivity contribution < 1.29 is 19.1 Å². The predicted octanol–water partition coefficient (Wildman–Crippen LogP) is 3.79. The average molecular weight is 457 g/mol. The Morgan fingerprint density at radius 2 is 1.81 bits per heavy atom. The molecule has 3 unspecified atom stereocenters. The van der Waals surface area contributed by atoms with Gasteiger partial charge in [-0.1, -0.05) is 31.4 Å². The molecule has 3 saturated heterocycles. The highest BCUT2D eigenvalue weighted by molar-refractivity contribution is 8.00. The second-order valence-corrected chi connectivity index (χ2v) is 10.9. The molecule has 3 heterocycles. The number of fused-ring (bicyclic) bond motifs is 3. The summed E-state index contributed by atoms with van der Waals surface area (Å²) in [4.78, 5) is 44.5. The minimum atomic E-state index is -1.03. The van der Waals surface area contributed by atoms with Gasteiger partial charge < -0.3 is 4.74 Å². The van der Waals surface area contributed by atoms with E-state index in [9.17, 15) is 14.4 Å². The van der Waals surface area contributed by atoms with Gasteiger partial charge in [0.05, 0.1) is 18.9 Å². The molecule has 1 aliphatic carbocycles. The quantitative estimate of drug-likeness (QED) is 0.496. The van der Waals surface area contributed by atoms with E-state index in [0.717, 1.165) is 12.0 Å². The lowest BCUT2D eigenvalue weighted by Crippen LogP contribution is -2.54. The van der Waals surface area contributed by atoms with Gasteiger partial charge in [0.15, 0.2) is 0 Å². The Hall–Kier alpha value is -1.86. The number of ether oxygens (including phenoxy) is 1. The van der Waals surface area contributed by atoms with Crippen LogP contribution in [0.4, 0.5) is 0 Å². The summed E-state index contributed by atoms with van der Waals surface area (Å²) in [6.45, 7) is 2.85. The van der Waals surface area contributed by atoms with E-state index in [-0.39, 0.29) is 23.8 Å². The van der Waals surface area contributed by atoms with Crippen LogP contribution in [0.25, 0.3) is 0 Å². The van der Waals surface area contributed by atoms with Gasteiger partial charge in [-0.3, -0.25) is 24.2 Å². The second kappa shape index (κ2) is 8.49. The van der Waals surface area contributed by atoms with Crippen LogP contribution in [-0.4, -0.2) is 58.6 Å². The zero-order chi connectivity index (χ0) is 22.5. The van der Waals surface area contributed by atoms with Crippen LogP contribution in [0.5, 0.6) is 0 Å². The summed E-state index contributed by atoms with van der Waals surface area (Å²) in [6.07, 6.45) is 7.90. The number of carbonyl (C=O) groups excluding carboxylic acids is 3. The zero-order valence-corrected chi connectivity index (χ0v) is 19.7. The Morgan fingerprint density at radius 3 is 2.47 bits per heavy atom. The number of esters is 1. The van der Waals surface area contributed by atoms with Crippen LogP contribution in [-0.2, 0) is 19.1 Å². The first-order valence-corrected chi connectivity index (χ1v) is 12.9. The molecule has 0 bridgehead atoms. The van der Waals surface area contributed by atoms with Gasteiger partial charge >= 0.3 is 5.97 Å². The summed E-state index contributed by atoms with van der Waals surface area (Å²) in [5, 5.41) is 0.683. The van der Waals surface area contributed by atoms with Gasteiger partial charge in [-0.25, -0.2) is 0 Å². The van der Waals surface area contributed by atoms with E-state index < -0.39 is 17.4 Å². The summed E-state index contributed by atoms with van der Waals surface area (Å²) >= 11 is 1.95. The van der Waals surface area contributed by atoms with Crippen LogP contribution >= 0.6 is 11.8 Å². The number of amides is 2. The van der Waals surface area contributed by atoms with Crippen LogP contribution in [0.2, 0.25) is 0 Å². The normalized spacial score (nSPS) is 32.9. The molecule has 5 rings (SSSR count). The van der Waals surface area contributed by atoms with Crippen LogP contribution in [0, 0.1) is 11.8 Å². The predicted molar refractivity (Wildman–Crippen MR) is 122 cm³/mol. The fourth-order valence-electron chi connectivity index (χ4n) is 6.69. The van der Waals surface area contributed by atoms with Crippen molar-refractivity contribution in [2.45, 2.75) is 73.6 Å². The molecule has 0 spiro atoms. The molecule has 7 heteroatoms. The van der Waals surface area contributed by atoms with Gasteiger partial charge in [0.1, 0.15) is 5.54 Å². The zero-order valence-electron chi connectivity index (χ0n) is 18.9. The number of hydrogen-bond acceptors (Lipinski definition) is 6. The maximum Gasteiger partial charge on any atom is 0.327 e. The first-order valence-electron chi connectivity index (χ1n) is 12.0. The largest absolute Gasteiger partial charge is 0.468 e. The van der Waals surface area contributed by atoms with Crippen molar-refractivity contribution in [2.24, 2.45) is 11.8 Å². The lowest BCUT2D eigenvalue weighted by molar-refractivity contribution is -0.159. The van der Waals surface area contributed by atoms with Gasteiger partial charge in [0.25, 0.3) is 0 Å². The second-order valence-electron chi connectivity index (χ2n) is 9.53. The smallest absolute Gasteiger partial charge is 0.327 e. The molecule has 0 aromatic heterocycles. The summed E-state index contributed by atoms with van der Waals surface area (Å²) in [7, 11) is 1.38. The summed E-state index contributed by atoms with van der Waals surface area (Å²) < 4.78 is 5.22. The molecule has 4 aliphatic rings. The first-order chi connectivity index (χ1) is 15.5. The molecule has 172 valence electrons. The van der Waals surface area contributed by atoms with Crippen molar-refractivity contribution in [1.82, 2.24) is 9.80 Å². The molecule has 1 aromatic rings. The Bertz CT molecular complexity index is 913. The van der Waals surface area contributed by atoms with Crippen molar-refractivity contribution in [2.75, 3.05) is 20.2 Å². The molecule has 4 fully saturated rings. The fraction of sp³-hybridized carbons (Fsp3) is 0.640. The maximum atomic E-state index is 13.3. The molecule has 0 radical (unpaired) electrons. The number of nitrogens with zero attached hydrogens (tertiary/aromatic N) is 2. The molecule has 1 aromatic carbocycles. The number of carbonyl (C=O) groups is 3. The van der Waals surface area contributed by atoms with Gasteiger partial charge in [0.2, 0.25) is 11.8 Å². The molecular formula is C25H32N2O4S. The van der Waals surface area contributed by atoms with Crippen LogP contribution in [0.1, 0.15) is 63.5 Å². The Balaban J connectivity index is 1.49. The third kappa shape index (κ3) is 3.15. The molecular weight excluding hydrogens is 424 g/mol.